The highest BCUT2D eigenvalue weighted by atomic mass is 16.1. The maximum atomic E-state index is 12.5. The van der Waals surface area contributed by atoms with Gasteiger partial charge in [-0.15, -0.1) is 0 Å². The molecular formula is C21H10N2O2. The molecule has 6 rings (SSSR count). The maximum absolute atomic E-state index is 12.5. The average molecular weight is 322 g/mol. The molecule has 0 fully saturated rings. The second-order valence-corrected chi connectivity index (χ2v) is 6.53. The molecule has 3 aromatic rings. The number of hydrogen-bond acceptors (Lipinski definition) is 4. The smallest absolute Gasteiger partial charge is 0.278 e. The zero-order chi connectivity index (χ0) is 16.7. The largest absolute Gasteiger partial charge is 0.289 e. The van der Waals surface area contributed by atoms with Crippen molar-refractivity contribution >= 4 is 21.7 Å². The van der Waals surface area contributed by atoms with Crippen LogP contribution in [0, 0.1) is 0 Å². The van der Waals surface area contributed by atoms with Gasteiger partial charge in [-0.25, -0.2) is 9.97 Å². The molecule has 116 valence electrons. The molecule has 25 heavy (non-hydrogen) atoms. The van der Waals surface area contributed by atoms with E-state index in [1.54, 1.807) is 12.3 Å². The first-order valence-corrected chi connectivity index (χ1v) is 8.15. The molecule has 4 nitrogen and oxygen atoms in total. The van der Waals surface area contributed by atoms with Crippen molar-refractivity contribution in [2.75, 3.05) is 0 Å². The molecule has 2 aromatic carbocycles. The fraction of sp³-hybridized carbons (Fsp3) is 0.0476. The minimum atomic E-state index is -0.287. The van der Waals surface area contributed by atoms with Crippen LogP contribution in [0.4, 0.5) is 0 Å². The molecule has 1 aliphatic heterocycles. The first-order chi connectivity index (χ1) is 12.2. The van der Waals surface area contributed by atoms with E-state index < -0.39 is 0 Å². The van der Waals surface area contributed by atoms with Crippen molar-refractivity contribution in [3.8, 4) is 22.4 Å². The molecule has 0 unspecified atom stereocenters. The average Bonchev–Trinajstić information content (AvgIpc) is 3.27. The Bertz CT molecular complexity index is 1410. The van der Waals surface area contributed by atoms with Crippen molar-refractivity contribution in [2.24, 2.45) is 0 Å². The summed E-state index contributed by atoms with van der Waals surface area (Å²) in [5.41, 5.74) is 6.04. The molecule has 1 aromatic heterocycles. The van der Waals surface area contributed by atoms with E-state index in [9.17, 15) is 9.59 Å². The molecule has 0 saturated carbocycles. The number of benzene rings is 3. The van der Waals surface area contributed by atoms with Crippen molar-refractivity contribution in [3.05, 3.63) is 80.4 Å². The van der Waals surface area contributed by atoms with Gasteiger partial charge in [0.25, 0.3) is 5.56 Å². The second kappa shape index (κ2) is 4.16. The number of nitrogens with zero attached hydrogens (tertiary/aromatic N) is 2. The van der Waals surface area contributed by atoms with Crippen molar-refractivity contribution in [1.29, 1.82) is 0 Å². The van der Waals surface area contributed by atoms with Crippen molar-refractivity contribution in [2.45, 2.75) is 6.42 Å². The third kappa shape index (κ3) is 1.43. The van der Waals surface area contributed by atoms with Crippen LogP contribution in [0.15, 0.2) is 58.3 Å². The van der Waals surface area contributed by atoms with Crippen LogP contribution >= 0.6 is 0 Å². The van der Waals surface area contributed by atoms with Gasteiger partial charge < -0.3 is 0 Å². The normalized spacial score (nSPS) is 13.0. The van der Waals surface area contributed by atoms with Gasteiger partial charge in [-0.3, -0.25) is 9.59 Å². The number of rotatable bonds is 0. The zero-order valence-electron chi connectivity index (χ0n) is 13.0. The minimum absolute atomic E-state index is 0.0997. The van der Waals surface area contributed by atoms with Crippen molar-refractivity contribution < 1.29 is 0 Å². The summed E-state index contributed by atoms with van der Waals surface area (Å²) in [7, 11) is 0. The summed E-state index contributed by atoms with van der Waals surface area (Å²) < 4.78 is 0. The van der Waals surface area contributed by atoms with Crippen LogP contribution in [-0.2, 0) is 6.42 Å². The predicted molar refractivity (Wildman–Crippen MR) is 96.8 cm³/mol. The zero-order valence-corrected chi connectivity index (χ0v) is 13.0. The van der Waals surface area contributed by atoms with Gasteiger partial charge in [0, 0.05) is 23.4 Å². The molecule has 0 amide bonds. The van der Waals surface area contributed by atoms with Crippen LogP contribution < -0.4 is 11.0 Å². The number of hydrogen-bond donors (Lipinski definition) is 0. The molecule has 0 atom stereocenters. The first kappa shape index (κ1) is 13.0. The molecule has 0 bridgehead atoms. The Morgan fingerprint density at radius 2 is 1.76 bits per heavy atom. The minimum Gasteiger partial charge on any atom is -0.289 e. The quantitative estimate of drug-likeness (QED) is 0.431. The Labute approximate surface area is 141 Å². The van der Waals surface area contributed by atoms with Crippen LogP contribution in [0.2, 0.25) is 0 Å². The monoisotopic (exact) mass is 322 g/mol. The van der Waals surface area contributed by atoms with E-state index >= 15 is 0 Å². The number of fused-ring (bicyclic) bond motifs is 10. The second-order valence-electron chi connectivity index (χ2n) is 6.53. The standard InChI is InChI=1S/C21H10N2O2/c24-15-7-3-6-14-18(15)19-17-13(9-22-21(17)25)16-11-5-2-1-4-10(11)8-12(16)20(19)23-14/h1-7,9H,8H2. The molecule has 0 spiro atoms. The molecule has 2 heterocycles. The summed E-state index contributed by atoms with van der Waals surface area (Å²) in [5, 5.41) is 2.02. The van der Waals surface area contributed by atoms with Gasteiger partial charge in [-0.2, -0.15) is 0 Å². The predicted octanol–water partition coefficient (Wildman–Crippen LogP) is 3.06. The van der Waals surface area contributed by atoms with Gasteiger partial charge in [0.15, 0.2) is 5.43 Å². The Balaban J connectivity index is 1.97. The summed E-state index contributed by atoms with van der Waals surface area (Å²) in [6.07, 6.45) is 2.40. The Hall–Kier alpha value is -3.40. The lowest BCUT2D eigenvalue weighted by Crippen LogP contribution is -2.03. The van der Waals surface area contributed by atoms with E-state index in [1.165, 1.54) is 11.6 Å². The van der Waals surface area contributed by atoms with Gasteiger partial charge in [0.1, 0.15) is 0 Å². The molecule has 0 radical (unpaired) electrons. The highest BCUT2D eigenvalue weighted by Gasteiger charge is 2.30. The fourth-order valence-corrected chi connectivity index (χ4v) is 4.29. The Morgan fingerprint density at radius 1 is 0.880 bits per heavy atom. The van der Waals surface area contributed by atoms with E-state index in [0.29, 0.717) is 22.0 Å². The van der Waals surface area contributed by atoms with Crippen LogP contribution in [0.25, 0.3) is 44.1 Å². The summed E-state index contributed by atoms with van der Waals surface area (Å²) in [6, 6.07) is 13.3. The topological polar surface area (TPSA) is 59.9 Å². The van der Waals surface area contributed by atoms with Crippen molar-refractivity contribution in [3.63, 3.8) is 0 Å². The molecule has 0 saturated heterocycles. The lowest BCUT2D eigenvalue weighted by atomic mass is 9.95. The molecule has 3 aliphatic rings. The van der Waals surface area contributed by atoms with Crippen LogP contribution in [0.1, 0.15) is 11.1 Å². The van der Waals surface area contributed by atoms with Crippen LogP contribution in [0.3, 0.4) is 0 Å². The third-order valence-corrected chi connectivity index (χ3v) is 5.28. The molecule has 2 aliphatic carbocycles. The van der Waals surface area contributed by atoms with E-state index in [-0.39, 0.29) is 11.0 Å². The van der Waals surface area contributed by atoms with E-state index in [1.807, 2.05) is 18.2 Å². The molecular weight excluding hydrogens is 312 g/mol. The molecule has 4 heteroatoms. The van der Waals surface area contributed by atoms with E-state index in [0.717, 1.165) is 34.0 Å². The third-order valence-electron chi connectivity index (χ3n) is 5.28. The lowest BCUT2D eigenvalue weighted by molar-refractivity contribution is 1.27. The molecule has 0 N–H and O–H groups in total. The first-order valence-electron chi connectivity index (χ1n) is 8.15. The summed E-state index contributed by atoms with van der Waals surface area (Å²) in [5.74, 6) is 0. The summed E-state index contributed by atoms with van der Waals surface area (Å²) >= 11 is 0. The lowest BCUT2D eigenvalue weighted by Gasteiger charge is -2.05. The van der Waals surface area contributed by atoms with Gasteiger partial charge in [0.05, 0.1) is 22.2 Å². The summed E-state index contributed by atoms with van der Waals surface area (Å²) in [4.78, 5) is 33.8. The van der Waals surface area contributed by atoms with Gasteiger partial charge in [0.2, 0.25) is 0 Å². The van der Waals surface area contributed by atoms with E-state index in [4.69, 9.17) is 4.98 Å². The highest BCUT2D eigenvalue weighted by molar-refractivity contribution is 6.21. The fourth-order valence-electron chi connectivity index (χ4n) is 4.29. The van der Waals surface area contributed by atoms with Gasteiger partial charge >= 0.3 is 0 Å². The SMILES string of the molecule is O=c1cccc2nc3c4c(c5cnc(=O)c5c3c1-2)-c1ccccc1C4. The number of aromatic nitrogens is 2. The highest BCUT2D eigenvalue weighted by Crippen LogP contribution is 2.47. The Kier molecular flexibility index (Phi) is 2.16. The summed E-state index contributed by atoms with van der Waals surface area (Å²) in [6.45, 7) is 0. The van der Waals surface area contributed by atoms with Crippen LogP contribution in [-0.4, -0.2) is 9.97 Å². The van der Waals surface area contributed by atoms with Gasteiger partial charge in [-0.1, -0.05) is 30.3 Å². The van der Waals surface area contributed by atoms with Gasteiger partial charge in [-0.05, 0) is 34.4 Å². The van der Waals surface area contributed by atoms with Crippen LogP contribution in [0.5, 0.6) is 0 Å². The van der Waals surface area contributed by atoms with E-state index in [2.05, 4.69) is 17.1 Å². The Morgan fingerprint density at radius 3 is 2.68 bits per heavy atom. The van der Waals surface area contributed by atoms with Crippen molar-refractivity contribution in [1.82, 2.24) is 9.97 Å². The maximum Gasteiger partial charge on any atom is 0.278 e.